The molecule has 0 amide bonds. The van der Waals surface area contributed by atoms with Gasteiger partial charge in [0, 0.05) is 4.47 Å². The van der Waals surface area contributed by atoms with Crippen molar-refractivity contribution < 1.29 is 9.84 Å². The van der Waals surface area contributed by atoms with Crippen LogP contribution < -0.4 is 0 Å². The number of ether oxygens (including phenoxy) is 1. The quantitative estimate of drug-likeness (QED) is 0.653. The highest BCUT2D eigenvalue weighted by Crippen LogP contribution is 2.26. The van der Waals surface area contributed by atoms with Gasteiger partial charge >= 0.3 is 11.6 Å². The highest BCUT2D eigenvalue weighted by Gasteiger charge is 2.24. The summed E-state index contributed by atoms with van der Waals surface area (Å²) in [5.41, 5.74) is 0.536. The van der Waals surface area contributed by atoms with Gasteiger partial charge in [0.15, 0.2) is 4.98 Å². The van der Waals surface area contributed by atoms with Crippen molar-refractivity contribution in [3.8, 4) is 0 Å². The molecule has 0 radical (unpaired) electrons. The molecule has 0 atom stereocenters. The lowest BCUT2D eigenvalue weighted by molar-refractivity contribution is 0.139. The molecule has 1 aromatic carbocycles. The van der Waals surface area contributed by atoms with Crippen molar-refractivity contribution in [3.05, 3.63) is 45.2 Å². The minimum absolute atomic E-state index is 0.0139. The first-order valence-corrected chi connectivity index (χ1v) is 4.57. The summed E-state index contributed by atoms with van der Waals surface area (Å²) in [7, 11) is 1.29. The smallest absolute Gasteiger partial charge is 0.472 e. The van der Waals surface area contributed by atoms with Crippen LogP contribution >= 0.6 is 15.9 Å². The largest absolute Gasteiger partial charge is 0.475 e. The number of aliphatic hydroxyl groups excluding tert-OH is 1. The zero-order chi connectivity index (χ0) is 10.6. The Morgan fingerprint density at radius 2 is 2.14 bits per heavy atom. The van der Waals surface area contributed by atoms with Gasteiger partial charge in [-0.15, -0.1) is 0 Å². The summed E-state index contributed by atoms with van der Waals surface area (Å²) >= 11 is 3.26. The number of halogens is 1. The molecule has 4 nitrogen and oxygen atoms in total. The minimum atomic E-state index is -0.431. The van der Waals surface area contributed by atoms with Crippen LogP contribution in [-0.4, -0.2) is 12.2 Å². The molecule has 0 saturated heterocycles. The first-order valence-electron chi connectivity index (χ1n) is 3.78. The lowest BCUT2D eigenvalue weighted by Gasteiger charge is -1.96. The Labute approximate surface area is 89.6 Å². The molecule has 14 heavy (non-hydrogen) atoms. The molecule has 1 rings (SSSR count). The van der Waals surface area contributed by atoms with Gasteiger partial charge in [0.25, 0.3) is 0 Å². The summed E-state index contributed by atoms with van der Waals surface area (Å²) in [4.78, 5) is 2.96. The van der Waals surface area contributed by atoms with Crippen LogP contribution in [0.5, 0.6) is 0 Å². The number of nitrogens with zero attached hydrogens (tertiary/aromatic N) is 2. The Balaban J connectivity index is 3.30. The van der Waals surface area contributed by atoms with E-state index in [9.17, 15) is 5.11 Å². The molecule has 0 fully saturated rings. The van der Waals surface area contributed by atoms with E-state index in [1.165, 1.54) is 7.11 Å². The number of hydrogen-bond donors (Lipinski definition) is 1. The summed E-state index contributed by atoms with van der Waals surface area (Å²) in [5.74, 6) is -0.431. The van der Waals surface area contributed by atoms with Gasteiger partial charge in [0.2, 0.25) is 5.39 Å². The molecular weight excluding hydrogens is 248 g/mol. The second-order valence-electron chi connectivity index (χ2n) is 2.44. The van der Waals surface area contributed by atoms with Gasteiger partial charge in [-0.1, -0.05) is 12.1 Å². The summed E-state index contributed by atoms with van der Waals surface area (Å²) in [6, 6.07) is 7.03. The van der Waals surface area contributed by atoms with Gasteiger partial charge in [0.1, 0.15) is 0 Å². The topological polar surface area (TPSA) is 57.6 Å². The molecule has 0 spiro atoms. The highest BCUT2D eigenvalue weighted by atomic mass is 79.9. The maximum atomic E-state index is 9.28. The number of rotatable bonds is 2. The normalized spacial score (nSPS) is 11.5. The van der Waals surface area contributed by atoms with E-state index in [0.717, 1.165) is 0 Å². The highest BCUT2D eigenvalue weighted by molar-refractivity contribution is 9.10. The molecule has 0 unspecified atom stereocenters. The van der Waals surface area contributed by atoms with Crippen molar-refractivity contribution in [1.82, 2.24) is 0 Å². The predicted molar refractivity (Wildman–Crippen MR) is 55.8 cm³/mol. The third-order valence-electron chi connectivity index (χ3n) is 1.62. The average molecular weight is 256 g/mol. The molecule has 72 valence electrons. The van der Waals surface area contributed by atoms with Gasteiger partial charge in [-0.3, -0.25) is 0 Å². The maximum absolute atomic E-state index is 9.28. The fourth-order valence-electron chi connectivity index (χ4n) is 0.962. The number of hydrogen-bond acceptors (Lipinski definition) is 3. The van der Waals surface area contributed by atoms with Crippen LogP contribution in [0.15, 0.2) is 34.7 Å². The van der Waals surface area contributed by atoms with Crippen LogP contribution in [-0.2, 0) is 4.74 Å². The van der Waals surface area contributed by atoms with Crippen LogP contribution in [0.4, 0.5) is 0 Å². The average Bonchev–Trinajstić information content (AvgIpc) is 2.21. The van der Waals surface area contributed by atoms with Crippen LogP contribution in [0, 0.1) is 5.39 Å². The van der Waals surface area contributed by atoms with E-state index >= 15 is 0 Å². The molecular formula is C9H8BrN2O2+. The SMILES string of the molecule is CO/C(O)=C(\[N+]#N)c1ccccc1Br. The molecule has 0 aliphatic heterocycles. The van der Waals surface area contributed by atoms with Crippen LogP contribution in [0.2, 0.25) is 0 Å². The summed E-state index contributed by atoms with van der Waals surface area (Å²) in [6.07, 6.45) is 0. The maximum Gasteiger partial charge on any atom is 0.472 e. The van der Waals surface area contributed by atoms with Crippen LogP contribution in [0.25, 0.3) is 10.7 Å². The number of diazo groups is 1. The fourth-order valence-corrected chi connectivity index (χ4v) is 1.43. The second-order valence-corrected chi connectivity index (χ2v) is 3.29. The number of methoxy groups -OCH3 is 1. The third kappa shape index (κ3) is 2.03. The third-order valence-corrected chi connectivity index (χ3v) is 2.32. The molecule has 0 saturated carbocycles. The van der Waals surface area contributed by atoms with Crippen LogP contribution in [0.3, 0.4) is 0 Å². The summed E-state index contributed by atoms with van der Waals surface area (Å²) in [6.45, 7) is 0. The zero-order valence-corrected chi connectivity index (χ0v) is 9.02. The molecule has 0 bridgehead atoms. The van der Waals surface area contributed by atoms with Gasteiger partial charge in [-0.2, -0.15) is 0 Å². The van der Waals surface area contributed by atoms with Crippen molar-refractivity contribution in [2.75, 3.05) is 7.11 Å². The Morgan fingerprint density at radius 3 is 2.64 bits per heavy atom. The number of aliphatic hydroxyl groups is 1. The lowest BCUT2D eigenvalue weighted by Crippen LogP contribution is -1.91. The lowest BCUT2D eigenvalue weighted by atomic mass is 10.2. The van der Waals surface area contributed by atoms with Crippen molar-refractivity contribution in [3.63, 3.8) is 0 Å². The second kappa shape index (κ2) is 4.63. The molecule has 1 N–H and O–H groups in total. The van der Waals surface area contributed by atoms with Crippen molar-refractivity contribution in [2.45, 2.75) is 0 Å². The van der Waals surface area contributed by atoms with Crippen molar-refractivity contribution in [2.24, 2.45) is 0 Å². The minimum Gasteiger partial charge on any atom is -0.475 e. The molecule has 0 heterocycles. The standard InChI is InChI=1S/C9H7BrN2O2/c1-14-9(13)8(12-11)6-4-2-3-5-7(6)10/h2-5H,1H3/p+1/b9-8-. The van der Waals surface area contributed by atoms with Crippen molar-refractivity contribution in [1.29, 1.82) is 5.39 Å². The van der Waals surface area contributed by atoms with E-state index in [0.29, 0.717) is 10.0 Å². The van der Waals surface area contributed by atoms with Gasteiger partial charge in [-0.05, 0) is 28.1 Å². The fraction of sp³-hybridized carbons (Fsp3) is 0.111. The van der Waals surface area contributed by atoms with E-state index in [1.807, 2.05) is 6.07 Å². The molecule has 5 heteroatoms. The van der Waals surface area contributed by atoms with Gasteiger partial charge in [-0.25, -0.2) is 0 Å². The van der Waals surface area contributed by atoms with E-state index in [1.54, 1.807) is 18.2 Å². The van der Waals surface area contributed by atoms with Gasteiger partial charge in [0.05, 0.1) is 12.7 Å². The summed E-state index contributed by atoms with van der Waals surface area (Å²) < 4.78 is 5.28. The van der Waals surface area contributed by atoms with Crippen molar-refractivity contribution >= 4 is 21.6 Å². The summed E-state index contributed by atoms with van der Waals surface area (Å²) in [5, 5.41) is 18.0. The predicted octanol–water partition coefficient (Wildman–Crippen LogP) is 3.13. The zero-order valence-electron chi connectivity index (χ0n) is 7.44. The first kappa shape index (κ1) is 10.5. The Morgan fingerprint density at radius 1 is 1.50 bits per heavy atom. The molecule has 0 aromatic heterocycles. The molecule has 0 aliphatic rings. The van der Waals surface area contributed by atoms with E-state index in [2.05, 4.69) is 25.6 Å². The first-order chi connectivity index (χ1) is 6.70. The van der Waals surface area contributed by atoms with Crippen LogP contribution in [0.1, 0.15) is 5.56 Å². The van der Waals surface area contributed by atoms with Gasteiger partial charge < -0.3 is 9.84 Å². The number of benzene rings is 1. The van der Waals surface area contributed by atoms with E-state index in [-0.39, 0.29) is 5.70 Å². The Kier molecular flexibility index (Phi) is 3.48. The van der Waals surface area contributed by atoms with E-state index < -0.39 is 5.95 Å². The molecule has 0 aliphatic carbocycles. The Bertz CT molecular complexity index is 410. The van der Waals surface area contributed by atoms with E-state index in [4.69, 9.17) is 5.39 Å². The Hall–Kier alpha value is -1.54. The molecule has 1 aromatic rings. The monoisotopic (exact) mass is 255 g/mol.